The van der Waals surface area contributed by atoms with Gasteiger partial charge in [-0.15, -0.1) is 20.2 Å². The Morgan fingerprint density at radius 3 is 0.962 bits per heavy atom. The van der Waals surface area contributed by atoms with Crippen LogP contribution in [0.15, 0.2) is 0 Å². The van der Waals surface area contributed by atoms with Crippen LogP contribution < -0.4 is 0 Å². The van der Waals surface area contributed by atoms with Gasteiger partial charge in [-0.2, -0.15) is 0 Å². The third kappa shape index (κ3) is 6.23. The highest BCUT2D eigenvalue weighted by molar-refractivity contribution is 6.77. The van der Waals surface area contributed by atoms with Crippen LogP contribution in [-0.2, 0) is 57.8 Å². The van der Waals surface area contributed by atoms with Gasteiger partial charge in [0.2, 0.25) is 0 Å². The summed E-state index contributed by atoms with van der Waals surface area (Å²) >= 11 is 0. The van der Waals surface area contributed by atoms with Gasteiger partial charge >= 0.3 is 57.2 Å². The van der Waals surface area contributed by atoms with E-state index in [4.69, 9.17) is 0 Å². The van der Waals surface area contributed by atoms with Crippen LogP contribution in [-0.4, -0.2) is 57.2 Å². The van der Waals surface area contributed by atoms with E-state index < -0.39 is 57.2 Å². The van der Waals surface area contributed by atoms with Gasteiger partial charge in [-0.1, -0.05) is 0 Å². The molecule has 0 rings (SSSR count). The van der Waals surface area contributed by atoms with Crippen molar-refractivity contribution in [3.05, 3.63) is 20.2 Å². The van der Waals surface area contributed by atoms with Gasteiger partial charge in [0.15, 0.2) is 0 Å². The van der Waals surface area contributed by atoms with Gasteiger partial charge in [0.25, 0.3) is 0 Å². The van der Waals surface area contributed by atoms with Crippen molar-refractivity contribution in [1.82, 2.24) is 0 Å². The Morgan fingerprint density at radius 2 is 0.731 bits per heavy atom. The monoisotopic (exact) mass is 380 g/mol. The van der Waals surface area contributed by atoms with E-state index in [2.05, 4.69) is 19.5 Å². The van der Waals surface area contributed by atoms with Crippen LogP contribution in [0.5, 0.6) is 0 Å². The Kier molecular flexibility index (Phi) is 7.27. The molecule has 0 aliphatic rings. The summed E-state index contributed by atoms with van der Waals surface area (Å²) in [5.41, 5.74) is 0. The number of carbonyl (C=O) groups excluding carboxylic acids is 8. The Balaban J connectivity index is 4.73. The highest BCUT2D eigenvalue weighted by Gasteiger charge is 2.37. The van der Waals surface area contributed by atoms with Gasteiger partial charge in [0, 0.05) is 0 Å². The molecule has 0 amide bonds. The minimum absolute atomic E-state index is 1.80. The zero-order chi connectivity index (χ0) is 20.6. The first-order chi connectivity index (χ1) is 11.9. The summed E-state index contributed by atoms with van der Waals surface area (Å²) in [5, 5.41) is 15.9. The highest BCUT2D eigenvalue weighted by Crippen LogP contribution is 1.94. The number of hydrogen-bond acceptors (Lipinski definition) is 16. The van der Waals surface area contributed by atoms with Gasteiger partial charge < -0.3 is 0 Å². The summed E-state index contributed by atoms with van der Waals surface area (Å²) in [6.45, 7) is 0. The molecule has 0 bridgehead atoms. The molecule has 18 nitrogen and oxygen atoms in total. The molecule has 0 atom stereocenters. The Morgan fingerprint density at radius 1 is 0.500 bits per heavy atom. The summed E-state index contributed by atoms with van der Waals surface area (Å²) in [5.74, 6) is -19.5. The topological polar surface area (TPSA) is 260 Å². The molecule has 0 saturated heterocycles. The van der Waals surface area contributed by atoms with Crippen LogP contribution >= 0.6 is 0 Å². The van der Waals surface area contributed by atoms with Crippen molar-refractivity contribution in [2.24, 2.45) is 0 Å². The third-order valence-electron chi connectivity index (χ3n) is 1.66. The van der Waals surface area contributed by atoms with E-state index in [1.54, 1.807) is 0 Å². The normalized spacial score (nSPS) is 9.08. The van der Waals surface area contributed by atoms with E-state index in [-0.39, 0.29) is 0 Å². The van der Waals surface area contributed by atoms with Crippen LogP contribution in [0.4, 0.5) is 0 Å². The van der Waals surface area contributed by atoms with Crippen LogP contribution in [0.3, 0.4) is 0 Å². The molecule has 18 heteroatoms. The number of rotatable bonds is 8. The van der Waals surface area contributed by atoms with E-state index in [1.807, 2.05) is 0 Å². The predicted octanol–water partition coefficient (Wildman–Crippen LogP) is -4.27. The van der Waals surface area contributed by atoms with Crippen LogP contribution in [0, 0.1) is 20.2 Å². The fourth-order valence-electron chi connectivity index (χ4n) is 0.740. The third-order valence-corrected chi connectivity index (χ3v) is 1.66. The Bertz CT molecular complexity index is 696. The fraction of sp³-hybridized carbons (Fsp3) is 0. The first-order valence-corrected chi connectivity index (χ1v) is 5.21. The minimum atomic E-state index is -2.46. The molecular weight excluding hydrogens is 380 g/mol. The molecule has 0 N–H and O–H groups in total. The van der Waals surface area contributed by atoms with E-state index in [9.17, 15) is 58.6 Å². The largest absolute Gasteiger partial charge is 0.430 e. The molecule has 0 aliphatic carbocycles. The summed E-state index contributed by atoms with van der Waals surface area (Å²) in [4.78, 5) is 119. The molecule has 0 spiro atoms. The zero-order valence-electron chi connectivity index (χ0n) is 11.4. The van der Waals surface area contributed by atoms with Crippen molar-refractivity contribution in [2.75, 3.05) is 0 Å². The smallest absolute Gasteiger partial charge is 0.279 e. The molecule has 0 aliphatic heterocycles. The number of hydrogen-bond donors (Lipinski definition) is 0. The summed E-state index contributed by atoms with van der Waals surface area (Å²) in [6, 6.07) is 0. The van der Waals surface area contributed by atoms with Gasteiger partial charge in [-0.05, 0) is 0 Å². The van der Waals surface area contributed by atoms with E-state index in [0.717, 1.165) is 0 Å². The SMILES string of the molecule is O=C(OOC(=O)C(=O)C(=O)C(=O)O[N+](=O)[O-])C(=O)C(=O)C(=O)O[N+](=O)[O-]. The van der Waals surface area contributed by atoms with E-state index in [0.29, 0.717) is 0 Å². The zero-order valence-corrected chi connectivity index (χ0v) is 11.4. The second-order valence-corrected chi connectivity index (χ2v) is 3.26. The van der Waals surface area contributed by atoms with Crippen molar-refractivity contribution in [2.45, 2.75) is 0 Å². The van der Waals surface area contributed by atoms with Crippen molar-refractivity contribution in [1.29, 1.82) is 0 Å². The average Bonchev–Trinajstić information content (AvgIpc) is 2.55. The van der Waals surface area contributed by atoms with Gasteiger partial charge in [-0.3, -0.25) is 28.8 Å². The van der Waals surface area contributed by atoms with E-state index >= 15 is 0 Å². The molecule has 0 heterocycles. The van der Waals surface area contributed by atoms with Crippen molar-refractivity contribution in [3.8, 4) is 0 Å². The lowest BCUT2D eigenvalue weighted by molar-refractivity contribution is -0.728. The molecular formula is C8N2O16. The quantitative estimate of drug-likeness (QED) is 0.127. The second-order valence-electron chi connectivity index (χ2n) is 3.26. The van der Waals surface area contributed by atoms with Crippen LogP contribution in [0.2, 0.25) is 0 Å². The Labute approximate surface area is 136 Å². The van der Waals surface area contributed by atoms with E-state index in [1.165, 1.54) is 0 Å². The van der Waals surface area contributed by atoms with Gasteiger partial charge in [0.1, 0.15) is 0 Å². The van der Waals surface area contributed by atoms with Crippen LogP contribution in [0.1, 0.15) is 0 Å². The van der Waals surface area contributed by atoms with Crippen molar-refractivity contribution in [3.63, 3.8) is 0 Å². The predicted molar refractivity (Wildman–Crippen MR) is 58.4 cm³/mol. The first-order valence-electron chi connectivity index (χ1n) is 5.21. The molecule has 0 fully saturated rings. The molecule has 138 valence electrons. The summed E-state index contributed by atoms with van der Waals surface area (Å²) in [6.07, 6.45) is 0. The number of ketones is 4. The molecule has 0 unspecified atom stereocenters. The molecule has 0 aromatic rings. The lowest BCUT2D eigenvalue weighted by Gasteiger charge is -2.00. The van der Waals surface area contributed by atoms with Gasteiger partial charge in [-0.25, -0.2) is 29.0 Å². The maximum absolute atomic E-state index is 11.0. The first kappa shape index (κ1) is 21.4. The number of nitrogens with zero attached hydrogens (tertiary/aromatic N) is 2. The lowest BCUT2D eigenvalue weighted by atomic mass is 10.2. The van der Waals surface area contributed by atoms with Crippen molar-refractivity contribution < 1.29 is 68.0 Å². The lowest BCUT2D eigenvalue weighted by Crippen LogP contribution is -2.37. The number of Topliss-reactive ketones (excluding diaryl/α,β-unsaturated/α-hetero) is 4. The van der Waals surface area contributed by atoms with Crippen molar-refractivity contribution >= 4 is 47.0 Å². The maximum Gasteiger partial charge on any atom is 0.430 e. The maximum atomic E-state index is 11.0. The summed E-state index contributed by atoms with van der Waals surface area (Å²) < 4.78 is 0. The van der Waals surface area contributed by atoms with Crippen LogP contribution in [0.25, 0.3) is 0 Å². The average molecular weight is 380 g/mol. The minimum Gasteiger partial charge on any atom is -0.279 e. The summed E-state index contributed by atoms with van der Waals surface area (Å²) in [7, 11) is 0. The molecule has 0 radical (unpaired) electrons. The Hall–Kier alpha value is -4.64. The van der Waals surface area contributed by atoms with Gasteiger partial charge in [0.05, 0.1) is 0 Å². The fourth-order valence-corrected chi connectivity index (χ4v) is 0.740. The highest BCUT2D eigenvalue weighted by atomic mass is 17.2. The molecule has 0 saturated carbocycles. The standard InChI is InChI=1S/C8N2O16/c11-1(5(15)23-9(19)20)3(13)7(17)25-26-8(18)4(14)2(12)6(16)24-10(21)22. The molecule has 26 heavy (non-hydrogen) atoms. The second kappa shape index (κ2) is 8.85. The molecule has 0 aromatic carbocycles. The molecule has 0 aromatic heterocycles. The number of carbonyl (C=O) groups is 8.